The Balaban J connectivity index is 2.02. The van der Waals surface area contributed by atoms with Gasteiger partial charge in [0.2, 0.25) is 0 Å². The van der Waals surface area contributed by atoms with Gasteiger partial charge in [-0.05, 0) is 12.0 Å². The molecule has 13 heavy (non-hydrogen) atoms. The molecule has 0 fully saturated rings. The van der Waals surface area contributed by atoms with Crippen LogP contribution in [0, 0.1) is 0 Å². The maximum atomic E-state index is 2.19. The molecule has 0 unspecified atom stereocenters. The largest absolute Gasteiger partial charge is 0.351 e. The molecule has 66 valence electrons. The Labute approximate surface area is 79.0 Å². The molecule has 0 spiro atoms. The summed E-state index contributed by atoms with van der Waals surface area (Å²) in [5, 5.41) is 0. The van der Waals surface area contributed by atoms with Crippen molar-refractivity contribution in [3.63, 3.8) is 0 Å². The fraction of sp³-hybridized carbons (Fsp3) is 0.167. The average Bonchev–Trinajstić information content (AvgIpc) is 2.21. The second-order valence-electron chi connectivity index (χ2n) is 3.16. The third-order valence-electron chi connectivity index (χ3n) is 2.07. The molecular weight excluding hydrogens is 158 g/mol. The van der Waals surface area contributed by atoms with Gasteiger partial charge in [0.15, 0.2) is 0 Å². The predicted molar refractivity (Wildman–Crippen MR) is 54.9 cm³/mol. The van der Waals surface area contributed by atoms with E-state index in [0.717, 1.165) is 13.0 Å². The molecule has 0 saturated carbocycles. The summed E-state index contributed by atoms with van der Waals surface area (Å²) in [7, 11) is 0. The first-order chi connectivity index (χ1) is 6.45. The third-order valence-corrected chi connectivity index (χ3v) is 2.07. The van der Waals surface area contributed by atoms with E-state index in [4.69, 9.17) is 0 Å². The molecule has 1 aliphatic rings. The van der Waals surface area contributed by atoms with Gasteiger partial charge >= 0.3 is 0 Å². The molecule has 0 aromatic heterocycles. The molecule has 2 rings (SSSR count). The van der Waals surface area contributed by atoms with Crippen molar-refractivity contribution in [3.8, 4) is 0 Å². The summed E-state index contributed by atoms with van der Waals surface area (Å²) in [6, 6.07) is 10.5. The quantitative estimate of drug-likeness (QED) is 0.661. The molecule has 1 aliphatic heterocycles. The summed E-state index contributed by atoms with van der Waals surface area (Å²) in [5.74, 6) is 0. The molecule has 1 heterocycles. The lowest BCUT2D eigenvalue weighted by atomic mass is 10.2. The summed E-state index contributed by atoms with van der Waals surface area (Å²) in [4.78, 5) is 2.19. The minimum absolute atomic E-state index is 0.966. The van der Waals surface area contributed by atoms with E-state index in [-0.39, 0.29) is 0 Å². The van der Waals surface area contributed by atoms with Crippen LogP contribution in [-0.2, 0) is 6.54 Å². The Hall–Kier alpha value is -1.50. The van der Waals surface area contributed by atoms with E-state index >= 15 is 0 Å². The van der Waals surface area contributed by atoms with E-state index in [9.17, 15) is 0 Å². The van der Waals surface area contributed by atoms with Crippen molar-refractivity contribution in [1.29, 1.82) is 0 Å². The molecular formula is C12H13N. The van der Waals surface area contributed by atoms with Crippen molar-refractivity contribution in [1.82, 2.24) is 4.90 Å². The van der Waals surface area contributed by atoms with E-state index in [2.05, 4.69) is 53.7 Å². The van der Waals surface area contributed by atoms with Gasteiger partial charge in [0.1, 0.15) is 0 Å². The van der Waals surface area contributed by atoms with Gasteiger partial charge in [0, 0.05) is 18.9 Å². The molecule has 0 N–H and O–H groups in total. The number of nitrogens with zero attached hydrogens (tertiary/aromatic N) is 1. The first-order valence-corrected chi connectivity index (χ1v) is 4.58. The maximum absolute atomic E-state index is 2.19. The van der Waals surface area contributed by atoms with Gasteiger partial charge in [0.25, 0.3) is 0 Å². The van der Waals surface area contributed by atoms with Crippen LogP contribution in [0.15, 0.2) is 54.9 Å². The van der Waals surface area contributed by atoms with E-state index in [1.807, 2.05) is 6.07 Å². The lowest BCUT2D eigenvalue weighted by Gasteiger charge is -2.17. The topological polar surface area (TPSA) is 3.24 Å². The predicted octanol–water partition coefficient (Wildman–Crippen LogP) is 2.92. The monoisotopic (exact) mass is 171 g/mol. The van der Waals surface area contributed by atoms with Gasteiger partial charge in [-0.25, -0.2) is 0 Å². The number of allylic oxidation sites excluding steroid dienone is 2. The van der Waals surface area contributed by atoms with Crippen LogP contribution in [0.5, 0.6) is 0 Å². The highest BCUT2D eigenvalue weighted by atomic mass is 15.1. The minimum atomic E-state index is 0.966. The smallest absolute Gasteiger partial charge is 0.0469 e. The number of hydrogen-bond donors (Lipinski definition) is 0. The summed E-state index contributed by atoms with van der Waals surface area (Å²) in [6.07, 6.45) is 9.66. The molecule has 0 amide bonds. The molecule has 0 atom stereocenters. The van der Waals surface area contributed by atoms with Crippen molar-refractivity contribution in [2.45, 2.75) is 13.0 Å². The summed E-state index contributed by atoms with van der Waals surface area (Å²) in [6.45, 7) is 0.966. The van der Waals surface area contributed by atoms with E-state index in [1.165, 1.54) is 5.56 Å². The van der Waals surface area contributed by atoms with Gasteiger partial charge in [-0.15, -0.1) is 0 Å². The zero-order chi connectivity index (χ0) is 8.93. The Morgan fingerprint density at radius 3 is 2.38 bits per heavy atom. The number of benzene rings is 1. The lowest BCUT2D eigenvalue weighted by molar-refractivity contribution is 0.493. The van der Waals surface area contributed by atoms with Crippen LogP contribution in [-0.4, -0.2) is 4.90 Å². The van der Waals surface area contributed by atoms with E-state index < -0.39 is 0 Å². The zero-order valence-corrected chi connectivity index (χ0v) is 7.56. The fourth-order valence-corrected chi connectivity index (χ4v) is 1.42. The third kappa shape index (κ3) is 2.22. The first-order valence-electron chi connectivity index (χ1n) is 4.58. The highest BCUT2D eigenvalue weighted by Gasteiger charge is 1.98. The Morgan fingerprint density at radius 1 is 1.00 bits per heavy atom. The maximum Gasteiger partial charge on any atom is 0.0469 e. The van der Waals surface area contributed by atoms with Crippen LogP contribution < -0.4 is 0 Å². The molecule has 1 aromatic carbocycles. The van der Waals surface area contributed by atoms with Crippen LogP contribution >= 0.6 is 0 Å². The van der Waals surface area contributed by atoms with Gasteiger partial charge in [0.05, 0.1) is 0 Å². The highest BCUT2D eigenvalue weighted by molar-refractivity contribution is 5.16. The molecule has 0 radical (unpaired) electrons. The molecule has 1 nitrogen and oxygen atoms in total. The SMILES string of the molecule is C1=CN(Cc2ccccc2)C=CC1. The van der Waals surface area contributed by atoms with E-state index in [1.54, 1.807) is 0 Å². The number of hydrogen-bond acceptors (Lipinski definition) is 1. The molecule has 1 aromatic rings. The van der Waals surface area contributed by atoms with Crippen LogP contribution in [0.2, 0.25) is 0 Å². The van der Waals surface area contributed by atoms with Crippen molar-refractivity contribution < 1.29 is 0 Å². The standard InChI is InChI=1S/C12H13N/c1-3-7-12(8-4-1)11-13-9-5-2-6-10-13/h1,3-10H,2,11H2. The fourth-order valence-electron chi connectivity index (χ4n) is 1.42. The van der Waals surface area contributed by atoms with Crippen LogP contribution in [0.3, 0.4) is 0 Å². The van der Waals surface area contributed by atoms with Crippen molar-refractivity contribution in [2.24, 2.45) is 0 Å². The highest BCUT2D eigenvalue weighted by Crippen LogP contribution is 2.08. The molecule has 0 saturated heterocycles. The lowest BCUT2D eigenvalue weighted by Crippen LogP contribution is -2.10. The van der Waals surface area contributed by atoms with Gasteiger partial charge in [-0.3, -0.25) is 0 Å². The van der Waals surface area contributed by atoms with Crippen LogP contribution in [0.25, 0.3) is 0 Å². The molecule has 0 bridgehead atoms. The Kier molecular flexibility index (Phi) is 2.46. The minimum Gasteiger partial charge on any atom is -0.351 e. The summed E-state index contributed by atoms with van der Waals surface area (Å²) in [5.41, 5.74) is 1.35. The summed E-state index contributed by atoms with van der Waals surface area (Å²) < 4.78 is 0. The Morgan fingerprint density at radius 2 is 1.69 bits per heavy atom. The van der Waals surface area contributed by atoms with Crippen molar-refractivity contribution in [2.75, 3.05) is 0 Å². The van der Waals surface area contributed by atoms with Gasteiger partial charge < -0.3 is 4.90 Å². The molecule has 0 aliphatic carbocycles. The second kappa shape index (κ2) is 3.94. The molecule has 1 heteroatoms. The van der Waals surface area contributed by atoms with Crippen molar-refractivity contribution >= 4 is 0 Å². The van der Waals surface area contributed by atoms with Crippen molar-refractivity contribution in [3.05, 3.63) is 60.4 Å². The number of rotatable bonds is 2. The Bertz CT molecular complexity index is 299. The first kappa shape index (κ1) is 8.11. The van der Waals surface area contributed by atoms with Gasteiger partial charge in [-0.1, -0.05) is 42.5 Å². The zero-order valence-electron chi connectivity index (χ0n) is 7.56. The van der Waals surface area contributed by atoms with Gasteiger partial charge in [-0.2, -0.15) is 0 Å². The van der Waals surface area contributed by atoms with Crippen LogP contribution in [0.4, 0.5) is 0 Å². The normalized spacial score (nSPS) is 14.9. The van der Waals surface area contributed by atoms with E-state index in [0.29, 0.717) is 0 Å². The average molecular weight is 171 g/mol. The van der Waals surface area contributed by atoms with Crippen LogP contribution in [0.1, 0.15) is 12.0 Å². The summed E-state index contributed by atoms with van der Waals surface area (Å²) >= 11 is 0. The second-order valence-corrected chi connectivity index (χ2v) is 3.16.